The monoisotopic (exact) mass is 436 g/mol. The highest BCUT2D eigenvalue weighted by molar-refractivity contribution is 6.30. The minimum absolute atomic E-state index is 0.0290. The molecule has 1 aliphatic heterocycles. The van der Waals surface area contributed by atoms with Gasteiger partial charge in [-0.25, -0.2) is 4.79 Å². The fraction of sp³-hybridized carbons (Fsp3) is 0.696. The van der Waals surface area contributed by atoms with Crippen molar-refractivity contribution in [2.75, 3.05) is 6.61 Å². The van der Waals surface area contributed by atoms with E-state index in [0.717, 1.165) is 38.5 Å². The Morgan fingerprint density at radius 1 is 1.13 bits per heavy atom. The van der Waals surface area contributed by atoms with E-state index in [-0.39, 0.29) is 18.8 Å². The van der Waals surface area contributed by atoms with Gasteiger partial charge in [-0.05, 0) is 48.8 Å². The third-order valence-corrected chi connectivity index (χ3v) is 7.58. The van der Waals surface area contributed by atoms with Crippen molar-refractivity contribution in [1.82, 2.24) is 0 Å². The normalized spacial score (nSPS) is 39.6. The number of aliphatic carboxylic acids is 1. The first-order valence-electron chi connectivity index (χ1n) is 11.1. The zero-order chi connectivity index (χ0) is 20.9. The molecule has 0 bridgehead atoms. The van der Waals surface area contributed by atoms with Crippen molar-refractivity contribution in [1.29, 1.82) is 0 Å². The fourth-order valence-corrected chi connectivity index (χ4v) is 5.66. The van der Waals surface area contributed by atoms with Crippen LogP contribution in [0.25, 0.3) is 0 Å². The van der Waals surface area contributed by atoms with Gasteiger partial charge in [-0.3, -0.25) is 0 Å². The number of aliphatic hydroxyl groups is 1. The van der Waals surface area contributed by atoms with E-state index in [1.165, 1.54) is 5.56 Å². The number of hydrogen-bond acceptors (Lipinski definition) is 5. The minimum Gasteiger partial charge on any atom is -0.479 e. The third kappa shape index (κ3) is 3.78. The Bertz CT molecular complexity index is 791. The predicted octanol–water partition coefficient (Wildman–Crippen LogP) is 3.88. The van der Waals surface area contributed by atoms with E-state index in [2.05, 4.69) is 0 Å². The summed E-state index contributed by atoms with van der Waals surface area (Å²) in [4.78, 5) is 12.3. The molecule has 6 atom stereocenters. The van der Waals surface area contributed by atoms with Crippen LogP contribution in [0.3, 0.4) is 0 Å². The summed E-state index contributed by atoms with van der Waals surface area (Å²) in [5, 5.41) is 21.5. The Morgan fingerprint density at radius 2 is 1.87 bits per heavy atom. The topological polar surface area (TPSA) is 85.2 Å². The van der Waals surface area contributed by atoms with Crippen LogP contribution in [0.15, 0.2) is 24.3 Å². The van der Waals surface area contributed by atoms with Gasteiger partial charge in [0.25, 0.3) is 0 Å². The summed E-state index contributed by atoms with van der Waals surface area (Å²) in [5.41, 5.74) is -0.232. The van der Waals surface area contributed by atoms with Crippen LogP contribution in [0, 0.1) is 5.92 Å². The van der Waals surface area contributed by atoms with E-state index < -0.39 is 35.7 Å². The van der Waals surface area contributed by atoms with Crippen LogP contribution in [-0.2, 0) is 19.0 Å². The summed E-state index contributed by atoms with van der Waals surface area (Å²) < 4.78 is 18.5. The summed E-state index contributed by atoms with van der Waals surface area (Å²) in [7, 11) is 0. The van der Waals surface area contributed by atoms with Crippen LogP contribution in [0.5, 0.6) is 0 Å². The SMILES string of the molecule is O=C(O)[C@@]1(OC[C@@H]2C[C@@H]2c2ccc(Cl)cc2)C[C@@H](O)[C@@H]2OC3(CCCCC3)O[C@@H]2C1. The molecule has 7 heteroatoms. The number of carboxylic acids is 1. The zero-order valence-corrected chi connectivity index (χ0v) is 17.7. The lowest BCUT2D eigenvalue weighted by atomic mass is 9.79. The molecule has 3 aliphatic carbocycles. The maximum Gasteiger partial charge on any atom is 0.336 e. The maximum atomic E-state index is 12.3. The smallest absolute Gasteiger partial charge is 0.336 e. The summed E-state index contributed by atoms with van der Waals surface area (Å²) >= 11 is 5.97. The molecule has 0 aromatic heterocycles. The molecule has 1 saturated heterocycles. The first-order valence-corrected chi connectivity index (χ1v) is 11.4. The van der Waals surface area contributed by atoms with Gasteiger partial charge in [-0.15, -0.1) is 0 Å². The van der Waals surface area contributed by atoms with Crippen LogP contribution in [0.2, 0.25) is 5.02 Å². The van der Waals surface area contributed by atoms with Crippen LogP contribution in [0.1, 0.15) is 62.8 Å². The molecule has 30 heavy (non-hydrogen) atoms. The summed E-state index contributed by atoms with van der Waals surface area (Å²) in [6.07, 6.45) is 4.21. The number of ether oxygens (including phenoxy) is 3. The molecule has 0 radical (unpaired) electrons. The molecule has 3 saturated carbocycles. The van der Waals surface area contributed by atoms with Crippen LogP contribution >= 0.6 is 11.6 Å². The van der Waals surface area contributed by atoms with Crippen LogP contribution < -0.4 is 0 Å². The third-order valence-electron chi connectivity index (χ3n) is 7.33. The molecule has 0 amide bonds. The van der Waals surface area contributed by atoms with E-state index in [9.17, 15) is 15.0 Å². The van der Waals surface area contributed by atoms with Crippen LogP contribution in [-0.4, -0.2) is 52.5 Å². The second kappa shape index (κ2) is 7.75. The molecule has 5 rings (SSSR count). The number of rotatable bonds is 5. The standard InChI is InChI=1S/C23H29ClO6/c24-16-6-4-14(5-7-16)17-10-15(17)13-28-22(21(26)27)11-18(25)20-19(12-22)29-23(30-20)8-2-1-3-9-23/h4-7,15,17-20,25H,1-3,8-13H2,(H,26,27)/t15-,17+,18+,19+,20-,22+/m0/s1. The summed E-state index contributed by atoms with van der Waals surface area (Å²) in [6, 6.07) is 7.79. The highest BCUT2D eigenvalue weighted by atomic mass is 35.5. The molecule has 0 unspecified atom stereocenters. The average Bonchev–Trinajstić information content (AvgIpc) is 3.42. The number of carbonyl (C=O) groups is 1. The van der Waals surface area contributed by atoms with E-state index in [1.54, 1.807) is 0 Å². The number of halogens is 1. The lowest BCUT2D eigenvalue weighted by Gasteiger charge is -2.40. The van der Waals surface area contributed by atoms with Crippen molar-refractivity contribution in [3.63, 3.8) is 0 Å². The van der Waals surface area contributed by atoms with Gasteiger partial charge in [0.1, 0.15) is 6.10 Å². The number of aliphatic hydroxyl groups excluding tert-OH is 1. The first kappa shape index (κ1) is 20.7. The van der Waals surface area contributed by atoms with Gasteiger partial charge in [0.2, 0.25) is 0 Å². The lowest BCUT2D eigenvalue weighted by Crippen LogP contribution is -2.56. The highest BCUT2D eigenvalue weighted by Gasteiger charge is 2.60. The van der Waals surface area contributed by atoms with Gasteiger partial charge < -0.3 is 24.4 Å². The molecule has 6 nitrogen and oxygen atoms in total. The van der Waals surface area contributed by atoms with Gasteiger partial charge in [0, 0.05) is 30.7 Å². The molecular formula is C23H29ClO6. The maximum absolute atomic E-state index is 12.3. The Labute approximate surface area is 181 Å². The van der Waals surface area contributed by atoms with Crippen molar-refractivity contribution in [2.45, 2.75) is 87.0 Å². The van der Waals surface area contributed by atoms with Crippen molar-refractivity contribution < 1.29 is 29.2 Å². The Balaban J connectivity index is 1.25. The molecule has 1 spiro atoms. The van der Waals surface area contributed by atoms with Crippen molar-refractivity contribution in [2.24, 2.45) is 5.92 Å². The van der Waals surface area contributed by atoms with Gasteiger partial charge in [-0.2, -0.15) is 0 Å². The van der Waals surface area contributed by atoms with Gasteiger partial charge in [0.05, 0.1) is 18.8 Å². The average molecular weight is 437 g/mol. The Kier molecular flexibility index (Phi) is 5.35. The van der Waals surface area contributed by atoms with Gasteiger partial charge in [-0.1, -0.05) is 30.2 Å². The fourth-order valence-electron chi connectivity index (χ4n) is 5.54. The number of hydrogen-bond donors (Lipinski definition) is 2. The van der Waals surface area contributed by atoms with Crippen molar-refractivity contribution in [3.05, 3.63) is 34.9 Å². The van der Waals surface area contributed by atoms with E-state index in [1.807, 2.05) is 24.3 Å². The van der Waals surface area contributed by atoms with Gasteiger partial charge >= 0.3 is 5.97 Å². The zero-order valence-electron chi connectivity index (χ0n) is 17.0. The van der Waals surface area contributed by atoms with Crippen molar-refractivity contribution >= 4 is 17.6 Å². The van der Waals surface area contributed by atoms with E-state index in [4.69, 9.17) is 25.8 Å². The molecule has 2 N–H and O–H groups in total. The van der Waals surface area contributed by atoms with E-state index in [0.29, 0.717) is 17.5 Å². The first-order chi connectivity index (χ1) is 14.4. The number of carboxylic acid groups (broad SMARTS) is 1. The number of fused-ring (bicyclic) bond motifs is 1. The molecular weight excluding hydrogens is 408 g/mol. The minimum atomic E-state index is -1.43. The van der Waals surface area contributed by atoms with Crippen molar-refractivity contribution in [3.8, 4) is 0 Å². The quantitative estimate of drug-likeness (QED) is 0.728. The second-order valence-electron chi connectivity index (χ2n) is 9.45. The van der Waals surface area contributed by atoms with E-state index >= 15 is 0 Å². The highest BCUT2D eigenvalue weighted by Crippen LogP contribution is 2.51. The predicted molar refractivity (Wildman–Crippen MR) is 109 cm³/mol. The summed E-state index contributed by atoms with van der Waals surface area (Å²) in [6.45, 7) is 0.357. The summed E-state index contributed by atoms with van der Waals surface area (Å²) in [5.74, 6) is -1.04. The molecule has 4 fully saturated rings. The van der Waals surface area contributed by atoms with Gasteiger partial charge in [0.15, 0.2) is 11.4 Å². The molecule has 164 valence electrons. The molecule has 1 aromatic rings. The molecule has 1 aromatic carbocycles. The largest absolute Gasteiger partial charge is 0.479 e. The molecule has 4 aliphatic rings. The number of benzene rings is 1. The second-order valence-corrected chi connectivity index (χ2v) is 9.89. The van der Waals surface area contributed by atoms with Crippen LogP contribution in [0.4, 0.5) is 0 Å². The Morgan fingerprint density at radius 3 is 2.57 bits per heavy atom. The lowest BCUT2D eigenvalue weighted by molar-refractivity contribution is -0.198. The molecule has 1 heterocycles. The Hall–Kier alpha value is -1.18.